The van der Waals surface area contributed by atoms with E-state index in [9.17, 15) is 13.2 Å². The van der Waals surface area contributed by atoms with Gasteiger partial charge in [0.2, 0.25) is 10.0 Å². The number of sulfonamides is 1. The number of nitrogens with zero attached hydrogens (tertiary/aromatic N) is 1. The Bertz CT molecular complexity index is 559. The number of hydrogen-bond donors (Lipinski definition) is 0. The van der Waals surface area contributed by atoms with Crippen molar-refractivity contribution in [3.05, 3.63) is 29.8 Å². The number of benzene rings is 1. The standard InChI is InChI=1S/C14H19NO3S/c1-3-10-15(13-6-7-13)19(17,18)14-8-4-12(5-9-14)11(2)16/h4-5,8-9,13H,3,6-7,10H2,1-2H3. The maximum atomic E-state index is 12.5. The molecule has 5 heteroatoms. The van der Waals surface area contributed by atoms with Crippen molar-refractivity contribution in [1.82, 2.24) is 4.31 Å². The van der Waals surface area contributed by atoms with E-state index in [1.807, 2.05) is 6.92 Å². The Morgan fingerprint density at radius 1 is 1.26 bits per heavy atom. The van der Waals surface area contributed by atoms with Crippen LogP contribution in [0.1, 0.15) is 43.5 Å². The second-order valence-corrected chi connectivity index (χ2v) is 6.82. The Balaban J connectivity index is 2.29. The van der Waals surface area contributed by atoms with E-state index in [-0.39, 0.29) is 16.7 Å². The van der Waals surface area contributed by atoms with Gasteiger partial charge in [-0.25, -0.2) is 8.42 Å². The molecule has 0 aliphatic heterocycles. The fourth-order valence-electron chi connectivity index (χ4n) is 2.08. The molecule has 0 unspecified atom stereocenters. The van der Waals surface area contributed by atoms with Crippen LogP contribution in [0, 0.1) is 0 Å². The lowest BCUT2D eigenvalue weighted by molar-refractivity contribution is 0.101. The van der Waals surface area contributed by atoms with E-state index in [4.69, 9.17) is 0 Å². The van der Waals surface area contributed by atoms with Crippen molar-refractivity contribution in [1.29, 1.82) is 0 Å². The zero-order chi connectivity index (χ0) is 14.0. The van der Waals surface area contributed by atoms with Crippen LogP contribution in [0.5, 0.6) is 0 Å². The van der Waals surface area contributed by atoms with Crippen LogP contribution < -0.4 is 0 Å². The predicted octanol–water partition coefficient (Wildman–Crippen LogP) is 2.45. The monoisotopic (exact) mass is 281 g/mol. The zero-order valence-corrected chi connectivity index (χ0v) is 12.1. The fraction of sp³-hybridized carbons (Fsp3) is 0.500. The summed E-state index contributed by atoms with van der Waals surface area (Å²) in [6.07, 6.45) is 2.71. The summed E-state index contributed by atoms with van der Waals surface area (Å²) in [7, 11) is -3.42. The number of carbonyl (C=O) groups is 1. The first-order chi connectivity index (χ1) is 8.96. The molecule has 19 heavy (non-hydrogen) atoms. The van der Waals surface area contributed by atoms with E-state index >= 15 is 0 Å². The summed E-state index contributed by atoms with van der Waals surface area (Å²) in [5.74, 6) is -0.0587. The molecule has 104 valence electrons. The maximum absolute atomic E-state index is 12.5. The lowest BCUT2D eigenvalue weighted by Crippen LogP contribution is -2.33. The summed E-state index contributed by atoms with van der Waals surface area (Å²) in [5.41, 5.74) is 0.535. The van der Waals surface area contributed by atoms with Gasteiger partial charge in [0.05, 0.1) is 4.90 Å². The Kier molecular flexibility index (Phi) is 4.06. The molecule has 1 saturated carbocycles. The molecule has 1 fully saturated rings. The van der Waals surface area contributed by atoms with Gasteiger partial charge in [0, 0.05) is 18.2 Å². The third-order valence-corrected chi connectivity index (χ3v) is 5.23. The van der Waals surface area contributed by atoms with Crippen molar-refractivity contribution in [2.75, 3.05) is 6.54 Å². The summed E-state index contributed by atoms with van der Waals surface area (Å²) < 4.78 is 26.6. The Morgan fingerprint density at radius 2 is 1.84 bits per heavy atom. The lowest BCUT2D eigenvalue weighted by Gasteiger charge is -2.21. The van der Waals surface area contributed by atoms with Crippen LogP contribution in [0.15, 0.2) is 29.2 Å². The van der Waals surface area contributed by atoms with Gasteiger partial charge in [-0.1, -0.05) is 19.1 Å². The summed E-state index contributed by atoms with van der Waals surface area (Å²) in [6, 6.07) is 6.37. The molecule has 1 aliphatic rings. The molecule has 0 radical (unpaired) electrons. The van der Waals surface area contributed by atoms with Crippen LogP contribution in [0.4, 0.5) is 0 Å². The van der Waals surface area contributed by atoms with Crippen molar-refractivity contribution in [3.8, 4) is 0 Å². The second kappa shape index (κ2) is 5.43. The molecule has 0 N–H and O–H groups in total. The molecule has 1 aliphatic carbocycles. The van der Waals surface area contributed by atoms with Crippen molar-refractivity contribution in [3.63, 3.8) is 0 Å². The van der Waals surface area contributed by atoms with Gasteiger partial charge in [-0.2, -0.15) is 4.31 Å². The van der Waals surface area contributed by atoms with Crippen LogP contribution in [-0.2, 0) is 10.0 Å². The van der Waals surface area contributed by atoms with E-state index in [1.165, 1.54) is 19.1 Å². The Hall–Kier alpha value is -1.20. The maximum Gasteiger partial charge on any atom is 0.243 e. The smallest absolute Gasteiger partial charge is 0.243 e. The average molecular weight is 281 g/mol. The molecular weight excluding hydrogens is 262 g/mol. The van der Waals surface area contributed by atoms with Crippen molar-refractivity contribution < 1.29 is 13.2 Å². The van der Waals surface area contributed by atoms with Crippen molar-refractivity contribution in [2.24, 2.45) is 0 Å². The normalized spacial score (nSPS) is 15.7. The van der Waals surface area contributed by atoms with E-state index in [0.717, 1.165) is 19.3 Å². The quantitative estimate of drug-likeness (QED) is 0.753. The van der Waals surface area contributed by atoms with Crippen LogP contribution in [0.3, 0.4) is 0 Å². The molecule has 0 saturated heterocycles. The highest BCUT2D eigenvalue weighted by molar-refractivity contribution is 7.89. The van der Waals surface area contributed by atoms with Gasteiger partial charge in [0.25, 0.3) is 0 Å². The molecule has 0 aromatic heterocycles. The molecule has 1 aromatic carbocycles. The van der Waals surface area contributed by atoms with Gasteiger partial charge in [-0.3, -0.25) is 4.79 Å². The third kappa shape index (κ3) is 3.04. The van der Waals surface area contributed by atoms with E-state index in [0.29, 0.717) is 12.1 Å². The predicted molar refractivity (Wildman–Crippen MR) is 73.7 cm³/mol. The second-order valence-electron chi connectivity index (χ2n) is 4.93. The topological polar surface area (TPSA) is 54.5 Å². The number of Topliss-reactive ketones (excluding diaryl/α,β-unsaturated/α-hetero) is 1. The molecule has 4 nitrogen and oxygen atoms in total. The first-order valence-corrected chi connectivity index (χ1v) is 8.03. The summed E-state index contributed by atoms with van der Waals surface area (Å²) in [5, 5.41) is 0. The average Bonchev–Trinajstić information content (AvgIpc) is 3.20. The summed E-state index contributed by atoms with van der Waals surface area (Å²) in [4.78, 5) is 11.5. The highest BCUT2D eigenvalue weighted by Gasteiger charge is 2.37. The molecule has 0 amide bonds. The van der Waals surface area contributed by atoms with Gasteiger partial charge >= 0.3 is 0 Å². The highest BCUT2D eigenvalue weighted by Crippen LogP contribution is 2.32. The van der Waals surface area contributed by atoms with Gasteiger partial charge in [0.1, 0.15) is 0 Å². The minimum absolute atomic E-state index is 0.0587. The molecule has 1 aromatic rings. The minimum Gasteiger partial charge on any atom is -0.295 e. The van der Waals surface area contributed by atoms with E-state index < -0.39 is 10.0 Å². The summed E-state index contributed by atoms with van der Waals surface area (Å²) >= 11 is 0. The van der Waals surface area contributed by atoms with Crippen LogP contribution in [0.2, 0.25) is 0 Å². The van der Waals surface area contributed by atoms with Crippen molar-refractivity contribution in [2.45, 2.75) is 44.0 Å². The molecule has 0 atom stereocenters. The molecule has 2 rings (SSSR count). The number of ketones is 1. The number of hydrogen-bond acceptors (Lipinski definition) is 3. The van der Waals surface area contributed by atoms with Crippen LogP contribution in [0.25, 0.3) is 0 Å². The van der Waals surface area contributed by atoms with Gasteiger partial charge in [-0.05, 0) is 38.3 Å². The summed E-state index contributed by atoms with van der Waals surface area (Å²) in [6.45, 7) is 4.00. The molecule has 0 spiro atoms. The van der Waals surface area contributed by atoms with Gasteiger partial charge in [0.15, 0.2) is 5.78 Å². The van der Waals surface area contributed by atoms with Crippen LogP contribution in [-0.4, -0.2) is 31.1 Å². The van der Waals surface area contributed by atoms with Crippen LogP contribution >= 0.6 is 0 Å². The number of carbonyl (C=O) groups excluding carboxylic acids is 1. The SMILES string of the molecule is CCCN(C1CC1)S(=O)(=O)c1ccc(C(C)=O)cc1. The Labute approximate surface area is 114 Å². The Morgan fingerprint density at radius 3 is 2.26 bits per heavy atom. The largest absolute Gasteiger partial charge is 0.295 e. The van der Waals surface area contributed by atoms with Gasteiger partial charge in [-0.15, -0.1) is 0 Å². The van der Waals surface area contributed by atoms with Crippen molar-refractivity contribution >= 4 is 15.8 Å². The first kappa shape index (κ1) is 14.2. The van der Waals surface area contributed by atoms with E-state index in [1.54, 1.807) is 16.4 Å². The number of rotatable bonds is 6. The minimum atomic E-state index is -3.42. The zero-order valence-electron chi connectivity index (χ0n) is 11.3. The lowest BCUT2D eigenvalue weighted by atomic mass is 10.2. The first-order valence-electron chi connectivity index (χ1n) is 6.59. The third-order valence-electron chi connectivity index (χ3n) is 3.27. The molecular formula is C14H19NO3S. The van der Waals surface area contributed by atoms with E-state index in [2.05, 4.69) is 0 Å². The highest BCUT2D eigenvalue weighted by atomic mass is 32.2. The fourth-order valence-corrected chi connectivity index (χ4v) is 3.86. The van der Waals surface area contributed by atoms with Gasteiger partial charge < -0.3 is 0 Å². The molecule has 0 heterocycles. The molecule has 0 bridgehead atoms.